The smallest absolute Gasteiger partial charge is 0.325 e. The van der Waals surface area contributed by atoms with Gasteiger partial charge in [-0.25, -0.2) is 4.79 Å². The molecule has 8 nitrogen and oxygen atoms in total. The van der Waals surface area contributed by atoms with Gasteiger partial charge in [0.1, 0.15) is 12.3 Å². The van der Waals surface area contributed by atoms with E-state index in [1.807, 2.05) is 31.2 Å². The van der Waals surface area contributed by atoms with Crippen molar-refractivity contribution in [1.29, 1.82) is 0 Å². The largest absolute Gasteiger partial charge is 0.494 e. The second-order valence-corrected chi connectivity index (χ2v) is 5.47. The summed E-state index contributed by atoms with van der Waals surface area (Å²) in [5, 5.41) is 11.3. The van der Waals surface area contributed by atoms with Crippen LogP contribution in [0.25, 0.3) is 0 Å². The number of nitrogens with one attached hydrogen (secondary N) is 1. The molecule has 2 N–H and O–H groups in total. The fraction of sp³-hybridized carbons (Fsp3) is 0.529. The number of ether oxygens (including phenoxy) is 2. The van der Waals surface area contributed by atoms with Gasteiger partial charge in [-0.15, -0.1) is 0 Å². The zero-order chi connectivity index (χ0) is 18.1. The number of hydrogen-bond acceptors (Lipinski definition) is 5. The predicted octanol–water partition coefficient (Wildman–Crippen LogP) is 0.452. The molecule has 0 unspecified atom stereocenters. The van der Waals surface area contributed by atoms with Gasteiger partial charge in [-0.2, -0.15) is 0 Å². The number of aliphatic hydroxyl groups excluding tert-OH is 1. The highest BCUT2D eigenvalue weighted by Gasteiger charge is 2.30. The van der Waals surface area contributed by atoms with Crippen molar-refractivity contribution in [3.63, 3.8) is 0 Å². The second-order valence-electron chi connectivity index (χ2n) is 5.47. The van der Waals surface area contributed by atoms with Gasteiger partial charge in [0.15, 0.2) is 0 Å². The molecular weight excluding hydrogens is 326 g/mol. The van der Waals surface area contributed by atoms with Gasteiger partial charge in [-0.1, -0.05) is 0 Å². The average molecular weight is 351 g/mol. The van der Waals surface area contributed by atoms with Crippen LogP contribution in [0.3, 0.4) is 0 Å². The van der Waals surface area contributed by atoms with Crippen LogP contribution in [0.4, 0.5) is 10.5 Å². The second kappa shape index (κ2) is 9.85. The maximum Gasteiger partial charge on any atom is 0.325 e. The summed E-state index contributed by atoms with van der Waals surface area (Å²) < 4.78 is 10.5. The Morgan fingerprint density at radius 2 is 2.00 bits per heavy atom. The molecule has 0 aromatic heterocycles. The van der Waals surface area contributed by atoms with Crippen molar-refractivity contribution >= 4 is 17.6 Å². The molecule has 1 saturated heterocycles. The van der Waals surface area contributed by atoms with E-state index in [1.165, 1.54) is 4.90 Å². The van der Waals surface area contributed by atoms with Crippen molar-refractivity contribution in [2.45, 2.75) is 6.92 Å². The first-order valence-corrected chi connectivity index (χ1v) is 8.40. The van der Waals surface area contributed by atoms with Crippen molar-refractivity contribution in [1.82, 2.24) is 10.2 Å². The Bertz CT molecular complexity index is 564. The van der Waals surface area contributed by atoms with Crippen LogP contribution in [-0.4, -0.2) is 74.6 Å². The highest BCUT2D eigenvalue weighted by atomic mass is 16.5. The van der Waals surface area contributed by atoms with Crippen LogP contribution in [0.5, 0.6) is 5.75 Å². The Morgan fingerprint density at radius 1 is 1.24 bits per heavy atom. The molecule has 8 heteroatoms. The Morgan fingerprint density at radius 3 is 2.68 bits per heavy atom. The fourth-order valence-corrected chi connectivity index (χ4v) is 2.52. The first-order valence-electron chi connectivity index (χ1n) is 8.40. The number of carbonyl (C=O) groups is 2. The number of anilines is 1. The molecule has 0 aliphatic carbocycles. The molecule has 1 aromatic rings. The monoisotopic (exact) mass is 351 g/mol. The van der Waals surface area contributed by atoms with E-state index in [0.717, 1.165) is 11.4 Å². The van der Waals surface area contributed by atoms with E-state index in [-0.39, 0.29) is 31.7 Å². The molecule has 1 aliphatic rings. The van der Waals surface area contributed by atoms with Crippen LogP contribution in [-0.2, 0) is 9.53 Å². The minimum atomic E-state index is -0.227. The molecule has 1 heterocycles. The minimum Gasteiger partial charge on any atom is -0.494 e. The van der Waals surface area contributed by atoms with Crippen LogP contribution < -0.4 is 15.0 Å². The maximum atomic E-state index is 12.5. The molecule has 2 rings (SSSR count). The molecule has 0 saturated carbocycles. The third-order valence-corrected chi connectivity index (χ3v) is 3.69. The van der Waals surface area contributed by atoms with E-state index >= 15 is 0 Å². The number of rotatable bonds is 10. The van der Waals surface area contributed by atoms with Crippen LogP contribution >= 0.6 is 0 Å². The van der Waals surface area contributed by atoms with Crippen molar-refractivity contribution in [3.8, 4) is 5.75 Å². The van der Waals surface area contributed by atoms with Gasteiger partial charge in [0.05, 0.1) is 26.4 Å². The van der Waals surface area contributed by atoms with E-state index in [9.17, 15) is 9.59 Å². The SMILES string of the molecule is CCOc1ccc(N2CCN(CC(=O)NCCOCCO)C2=O)cc1. The number of amides is 3. The van der Waals surface area contributed by atoms with Crippen molar-refractivity contribution in [2.24, 2.45) is 0 Å². The Labute approximate surface area is 147 Å². The van der Waals surface area contributed by atoms with E-state index in [2.05, 4.69) is 5.32 Å². The lowest BCUT2D eigenvalue weighted by Crippen LogP contribution is -2.40. The zero-order valence-electron chi connectivity index (χ0n) is 14.4. The first-order chi connectivity index (χ1) is 12.2. The van der Waals surface area contributed by atoms with Gasteiger partial charge >= 0.3 is 6.03 Å². The fourth-order valence-electron chi connectivity index (χ4n) is 2.52. The van der Waals surface area contributed by atoms with Crippen LogP contribution in [0.2, 0.25) is 0 Å². The molecule has 0 bridgehead atoms. The highest BCUT2D eigenvalue weighted by molar-refractivity contribution is 5.96. The lowest BCUT2D eigenvalue weighted by molar-refractivity contribution is -0.121. The third-order valence-electron chi connectivity index (χ3n) is 3.69. The molecule has 1 aromatic carbocycles. The molecule has 1 aliphatic heterocycles. The lowest BCUT2D eigenvalue weighted by Gasteiger charge is -2.18. The number of benzene rings is 1. The summed E-state index contributed by atoms with van der Waals surface area (Å²) in [6.45, 7) is 4.46. The predicted molar refractivity (Wildman–Crippen MR) is 92.8 cm³/mol. The number of urea groups is 1. The summed E-state index contributed by atoms with van der Waals surface area (Å²) in [5.74, 6) is 0.534. The summed E-state index contributed by atoms with van der Waals surface area (Å²) in [4.78, 5) is 27.5. The molecule has 1 fully saturated rings. The van der Waals surface area contributed by atoms with Gasteiger partial charge in [0, 0.05) is 25.3 Å². The zero-order valence-corrected chi connectivity index (χ0v) is 14.4. The van der Waals surface area contributed by atoms with Gasteiger partial charge in [-0.3, -0.25) is 9.69 Å². The summed E-state index contributed by atoms with van der Waals surface area (Å²) in [7, 11) is 0. The number of hydrogen-bond donors (Lipinski definition) is 2. The number of nitrogens with zero attached hydrogens (tertiary/aromatic N) is 2. The minimum absolute atomic E-state index is 0.0202. The van der Waals surface area contributed by atoms with Crippen molar-refractivity contribution < 1.29 is 24.2 Å². The van der Waals surface area contributed by atoms with Gasteiger partial charge in [-0.05, 0) is 31.2 Å². The van der Waals surface area contributed by atoms with Gasteiger partial charge in [0.2, 0.25) is 5.91 Å². The third kappa shape index (κ3) is 5.61. The highest BCUT2D eigenvalue weighted by Crippen LogP contribution is 2.23. The summed E-state index contributed by atoms with van der Waals surface area (Å²) in [6, 6.07) is 7.15. The van der Waals surface area contributed by atoms with E-state index in [4.69, 9.17) is 14.6 Å². The molecule has 25 heavy (non-hydrogen) atoms. The lowest BCUT2D eigenvalue weighted by atomic mass is 10.3. The van der Waals surface area contributed by atoms with Gasteiger partial charge in [0.25, 0.3) is 0 Å². The Balaban J connectivity index is 1.79. The summed E-state index contributed by atoms with van der Waals surface area (Å²) in [5.41, 5.74) is 0.786. The molecule has 138 valence electrons. The number of aliphatic hydroxyl groups is 1. The topological polar surface area (TPSA) is 91.3 Å². The molecule has 0 radical (unpaired) electrons. The van der Waals surface area contributed by atoms with E-state index in [0.29, 0.717) is 32.8 Å². The van der Waals surface area contributed by atoms with Gasteiger partial charge < -0.3 is 24.8 Å². The molecule has 0 atom stereocenters. The van der Waals surface area contributed by atoms with E-state index in [1.54, 1.807) is 4.90 Å². The van der Waals surface area contributed by atoms with Crippen molar-refractivity contribution in [2.75, 3.05) is 57.5 Å². The normalized spacial score (nSPS) is 14.1. The summed E-state index contributed by atoms with van der Waals surface area (Å²) in [6.07, 6.45) is 0. The molecule has 3 amide bonds. The maximum absolute atomic E-state index is 12.5. The van der Waals surface area contributed by atoms with Crippen LogP contribution in [0, 0.1) is 0 Å². The van der Waals surface area contributed by atoms with Crippen LogP contribution in [0.1, 0.15) is 6.92 Å². The van der Waals surface area contributed by atoms with Crippen LogP contribution in [0.15, 0.2) is 24.3 Å². The Hall–Kier alpha value is -2.32. The average Bonchev–Trinajstić information content (AvgIpc) is 2.96. The summed E-state index contributed by atoms with van der Waals surface area (Å²) >= 11 is 0. The first kappa shape index (κ1) is 19.0. The van der Waals surface area contributed by atoms with Crippen molar-refractivity contribution in [3.05, 3.63) is 24.3 Å². The Kier molecular flexibility index (Phi) is 7.49. The number of carbonyl (C=O) groups excluding carboxylic acids is 2. The van der Waals surface area contributed by atoms with E-state index < -0.39 is 0 Å². The molecular formula is C17H25N3O5. The quantitative estimate of drug-likeness (QED) is 0.598. The standard InChI is InChI=1S/C17H25N3O5/c1-2-25-15-5-3-14(4-6-15)20-9-8-19(17(20)23)13-16(22)18-7-11-24-12-10-21/h3-6,21H,2,7-13H2,1H3,(H,18,22). The molecule has 0 spiro atoms.